The minimum Gasteiger partial charge on any atom is -0.448 e. The molecule has 6 nitrogen and oxygen atoms in total. The lowest BCUT2D eigenvalue weighted by Crippen LogP contribution is -2.29. The van der Waals surface area contributed by atoms with Crippen LogP contribution in [-0.4, -0.2) is 41.0 Å². The monoisotopic (exact) mass is 265 g/mol. The van der Waals surface area contributed by atoms with Crippen molar-refractivity contribution in [1.29, 1.82) is 0 Å². The third-order valence-corrected chi connectivity index (χ3v) is 3.22. The number of hydrogen-bond donors (Lipinski definition) is 1. The molecule has 1 amide bonds. The summed E-state index contributed by atoms with van der Waals surface area (Å²) in [5.74, 6) is -0.631. The first-order valence-corrected chi connectivity index (χ1v) is 6.44. The summed E-state index contributed by atoms with van der Waals surface area (Å²) < 4.78 is 7.04. The molecule has 0 saturated carbocycles. The molecule has 2 heterocycles. The van der Waals surface area contributed by atoms with Crippen LogP contribution in [-0.2, 0) is 16.1 Å². The van der Waals surface area contributed by atoms with Crippen molar-refractivity contribution in [3.8, 4) is 0 Å². The van der Waals surface area contributed by atoms with Gasteiger partial charge in [-0.2, -0.15) is 0 Å². The van der Waals surface area contributed by atoms with Crippen LogP contribution in [0.4, 0.5) is 5.69 Å². The number of carbonyl (C=O) groups is 2. The summed E-state index contributed by atoms with van der Waals surface area (Å²) in [4.78, 5) is 25.4. The molecule has 6 heteroatoms. The second kappa shape index (κ2) is 5.34. The second-order valence-corrected chi connectivity index (χ2v) is 4.79. The van der Waals surface area contributed by atoms with Gasteiger partial charge in [-0.1, -0.05) is 6.92 Å². The van der Waals surface area contributed by atoms with Crippen molar-refractivity contribution in [2.24, 2.45) is 0 Å². The number of ether oxygens (including phenoxy) is 1. The van der Waals surface area contributed by atoms with E-state index in [9.17, 15) is 9.59 Å². The maximum Gasteiger partial charge on any atom is 0.355 e. The summed E-state index contributed by atoms with van der Waals surface area (Å²) in [7, 11) is 1.70. The lowest BCUT2D eigenvalue weighted by molar-refractivity contribution is -0.133. The van der Waals surface area contributed by atoms with Crippen LogP contribution in [0.2, 0.25) is 0 Å². The first-order chi connectivity index (χ1) is 9.02. The van der Waals surface area contributed by atoms with Gasteiger partial charge < -0.3 is 19.9 Å². The minimum absolute atomic E-state index is 0.144. The third kappa shape index (κ3) is 2.72. The Kier molecular flexibility index (Phi) is 3.78. The van der Waals surface area contributed by atoms with E-state index in [1.807, 2.05) is 6.92 Å². The molecule has 2 rings (SSSR count). The predicted octanol–water partition coefficient (Wildman–Crippen LogP) is 0.868. The van der Waals surface area contributed by atoms with E-state index in [0.29, 0.717) is 30.9 Å². The molecule has 1 saturated heterocycles. The Morgan fingerprint density at radius 3 is 2.89 bits per heavy atom. The minimum atomic E-state index is -0.663. The molecule has 19 heavy (non-hydrogen) atoms. The number of nitrogens with zero attached hydrogens (tertiary/aromatic N) is 2. The second-order valence-electron chi connectivity index (χ2n) is 4.79. The van der Waals surface area contributed by atoms with E-state index in [2.05, 4.69) is 0 Å². The van der Waals surface area contributed by atoms with Gasteiger partial charge >= 0.3 is 5.97 Å². The summed E-state index contributed by atoms with van der Waals surface area (Å²) in [6.07, 6.45) is 2.48. The molecule has 0 aromatic carbocycles. The highest BCUT2D eigenvalue weighted by Crippen LogP contribution is 2.17. The molecule has 2 N–H and O–H groups in total. The number of anilines is 1. The fourth-order valence-corrected chi connectivity index (χ4v) is 2.22. The summed E-state index contributed by atoms with van der Waals surface area (Å²) in [5.41, 5.74) is 6.63. The van der Waals surface area contributed by atoms with Crippen LogP contribution in [0.1, 0.15) is 30.3 Å². The maximum absolute atomic E-state index is 12.1. The number of amides is 1. The zero-order chi connectivity index (χ0) is 14.0. The van der Waals surface area contributed by atoms with Gasteiger partial charge in [0.25, 0.3) is 5.91 Å². The number of likely N-dealkylation sites (tertiary alicyclic amines) is 1. The Bertz CT molecular complexity index is 495. The highest BCUT2D eigenvalue weighted by molar-refractivity contribution is 5.92. The lowest BCUT2D eigenvalue weighted by Gasteiger charge is -2.12. The van der Waals surface area contributed by atoms with Crippen molar-refractivity contribution >= 4 is 17.6 Å². The Morgan fingerprint density at radius 1 is 1.58 bits per heavy atom. The van der Waals surface area contributed by atoms with Crippen molar-refractivity contribution < 1.29 is 14.3 Å². The molecule has 1 aliphatic heterocycles. The van der Waals surface area contributed by atoms with E-state index in [-0.39, 0.29) is 5.91 Å². The molecule has 1 aromatic rings. The summed E-state index contributed by atoms with van der Waals surface area (Å²) >= 11 is 0. The van der Waals surface area contributed by atoms with Crippen LogP contribution in [0.15, 0.2) is 12.3 Å². The standard InChI is InChI=1S/C13H19N3O3/c1-3-5-16-8-9(14)7-10(16)13(18)19-11-4-6-15(2)12(11)17/h7-8,11H,3-6,14H2,1-2H3. The van der Waals surface area contributed by atoms with Crippen molar-refractivity contribution in [3.63, 3.8) is 0 Å². The quantitative estimate of drug-likeness (QED) is 0.819. The number of aromatic nitrogens is 1. The van der Waals surface area contributed by atoms with Gasteiger partial charge in [-0.25, -0.2) is 4.79 Å². The van der Waals surface area contributed by atoms with Crippen LogP contribution >= 0.6 is 0 Å². The first-order valence-electron chi connectivity index (χ1n) is 6.44. The van der Waals surface area contributed by atoms with Crippen LogP contribution in [0.25, 0.3) is 0 Å². The van der Waals surface area contributed by atoms with Gasteiger partial charge in [0.15, 0.2) is 6.10 Å². The van der Waals surface area contributed by atoms with Crippen molar-refractivity contribution in [2.45, 2.75) is 32.4 Å². The number of nitrogen functional groups attached to an aromatic ring is 1. The molecule has 0 bridgehead atoms. The van der Waals surface area contributed by atoms with Crippen molar-refractivity contribution in [1.82, 2.24) is 9.47 Å². The van der Waals surface area contributed by atoms with E-state index >= 15 is 0 Å². The number of aryl methyl sites for hydroxylation is 1. The molecule has 0 aliphatic carbocycles. The Balaban J connectivity index is 2.10. The smallest absolute Gasteiger partial charge is 0.355 e. The average Bonchev–Trinajstić information content (AvgIpc) is 2.87. The molecule has 0 spiro atoms. The van der Waals surface area contributed by atoms with Gasteiger partial charge in [0.2, 0.25) is 0 Å². The number of carbonyl (C=O) groups excluding carboxylic acids is 2. The number of nitrogens with two attached hydrogens (primary N) is 1. The van der Waals surface area contributed by atoms with Gasteiger partial charge in [-0.05, 0) is 12.5 Å². The molecule has 1 aliphatic rings. The number of rotatable bonds is 4. The normalized spacial score (nSPS) is 18.9. The summed E-state index contributed by atoms with van der Waals surface area (Å²) in [6, 6.07) is 1.58. The van der Waals surface area contributed by atoms with Crippen LogP contribution in [0.3, 0.4) is 0 Å². The summed E-state index contributed by atoms with van der Waals surface area (Å²) in [6.45, 7) is 3.33. The van der Waals surface area contributed by atoms with Gasteiger partial charge in [-0.15, -0.1) is 0 Å². The molecular weight excluding hydrogens is 246 g/mol. The molecule has 0 radical (unpaired) electrons. The Labute approximate surface area is 112 Å². The van der Waals surface area contributed by atoms with E-state index in [1.165, 1.54) is 0 Å². The van der Waals surface area contributed by atoms with Gasteiger partial charge in [0.1, 0.15) is 5.69 Å². The molecule has 1 aromatic heterocycles. The average molecular weight is 265 g/mol. The van der Waals surface area contributed by atoms with Crippen LogP contribution in [0.5, 0.6) is 0 Å². The van der Waals surface area contributed by atoms with Gasteiger partial charge in [0, 0.05) is 32.8 Å². The Hall–Kier alpha value is -1.98. The molecule has 104 valence electrons. The first kappa shape index (κ1) is 13.5. The van der Waals surface area contributed by atoms with Crippen molar-refractivity contribution in [3.05, 3.63) is 18.0 Å². The maximum atomic E-state index is 12.1. The van der Waals surface area contributed by atoms with E-state index in [1.54, 1.807) is 28.8 Å². The van der Waals surface area contributed by atoms with Gasteiger partial charge in [0.05, 0.1) is 5.69 Å². The number of hydrogen-bond acceptors (Lipinski definition) is 4. The van der Waals surface area contributed by atoms with Crippen molar-refractivity contribution in [2.75, 3.05) is 19.3 Å². The Morgan fingerprint density at radius 2 is 2.32 bits per heavy atom. The molecule has 1 atom stereocenters. The topological polar surface area (TPSA) is 77.6 Å². The number of esters is 1. The fraction of sp³-hybridized carbons (Fsp3) is 0.538. The van der Waals surface area contributed by atoms with E-state index in [0.717, 1.165) is 6.42 Å². The SMILES string of the molecule is CCCn1cc(N)cc1C(=O)OC1CCN(C)C1=O. The van der Waals surface area contributed by atoms with Crippen LogP contribution < -0.4 is 5.73 Å². The van der Waals surface area contributed by atoms with E-state index < -0.39 is 12.1 Å². The van der Waals surface area contributed by atoms with Gasteiger partial charge in [-0.3, -0.25) is 4.79 Å². The zero-order valence-corrected chi connectivity index (χ0v) is 11.3. The largest absolute Gasteiger partial charge is 0.448 e. The zero-order valence-electron chi connectivity index (χ0n) is 11.3. The third-order valence-electron chi connectivity index (χ3n) is 3.22. The van der Waals surface area contributed by atoms with Crippen LogP contribution in [0, 0.1) is 0 Å². The van der Waals surface area contributed by atoms with E-state index in [4.69, 9.17) is 10.5 Å². The fourth-order valence-electron chi connectivity index (χ4n) is 2.22. The molecule has 1 unspecified atom stereocenters. The molecule has 1 fully saturated rings. The predicted molar refractivity (Wildman–Crippen MR) is 70.6 cm³/mol. The number of likely N-dealkylation sites (N-methyl/N-ethyl adjacent to an activating group) is 1. The summed E-state index contributed by atoms with van der Waals surface area (Å²) in [5, 5.41) is 0. The highest BCUT2D eigenvalue weighted by atomic mass is 16.5. The highest BCUT2D eigenvalue weighted by Gasteiger charge is 2.33. The lowest BCUT2D eigenvalue weighted by atomic mass is 10.3. The molecular formula is C13H19N3O3.